The van der Waals surface area contributed by atoms with Gasteiger partial charge in [0.1, 0.15) is 5.60 Å². The second kappa shape index (κ2) is 7.84. The van der Waals surface area contributed by atoms with Crippen molar-refractivity contribution in [3.05, 3.63) is 0 Å². The summed E-state index contributed by atoms with van der Waals surface area (Å²) in [6.07, 6.45) is 3.56. The van der Waals surface area contributed by atoms with Crippen molar-refractivity contribution in [1.82, 2.24) is 10.2 Å². The highest BCUT2D eigenvalue weighted by Gasteiger charge is 2.32. The Morgan fingerprint density at radius 1 is 1.22 bits per heavy atom. The molecule has 2 rings (SSSR count). The minimum atomic E-state index is -0.457. The molecule has 0 aromatic carbocycles. The molecule has 1 saturated carbocycles. The van der Waals surface area contributed by atoms with E-state index in [1.165, 1.54) is 19.3 Å². The normalized spacial score (nSPS) is 32.7. The third-order valence-electron chi connectivity index (χ3n) is 4.68. The van der Waals surface area contributed by atoms with Gasteiger partial charge in [0, 0.05) is 19.1 Å². The van der Waals surface area contributed by atoms with Gasteiger partial charge in [-0.1, -0.05) is 13.8 Å². The van der Waals surface area contributed by atoms with E-state index in [9.17, 15) is 4.79 Å². The van der Waals surface area contributed by atoms with Crippen molar-refractivity contribution in [2.75, 3.05) is 26.3 Å². The van der Waals surface area contributed by atoms with Crippen LogP contribution in [0.3, 0.4) is 0 Å². The maximum absolute atomic E-state index is 12.4. The molecule has 0 aromatic rings. The largest absolute Gasteiger partial charge is 0.444 e. The summed E-state index contributed by atoms with van der Waals surface area (Å²) in [5.74, 6) is 1.56. The number of hydrogen-bond donors (Lipinski definition) is 1. The maximum Gasteiger partial charge on any atom is 0.410 e. The Balaban J connectivity index is 1.87. The molecule has 3 atom stereocenters. The Labute approximate surface area is 141 Å². The Morgan fingerprint density at radius 2 is 1.87 bits per heavy atom. The van der Waals surface area contributed by atoms with Crippen molar-refractivity contribution >= 4 is 6.09 Å². The first-order chi connectivity index (χ1) is 10.7. The van der Waals surface area contributed by atoms with Gasteiger partial charge in [-0.2, -0.15) is 0 Å². The molecule has 0 radical (unpaired) electrons. The highest BCUT2D eigenvalue weighted by molar-refractivity contribution is 5.68. The molecule has 1 aliphatic carbocycles. The lowest BCUT2D eigenvalue weighted by molar-refractivity contribution is -0.0326. The quantitative estimate of drug-likeness (QED) is 0.866. The van der Waals surface area contributed by atoms with Crippen molar-refractivity contribution < 1.29 is 14.3 Å². The van der Waals surface area contributed by atoms with Gasteiger partial charge in [-0.05, 0) is 51.9 Å². The van der Waals surface area contributed by atoms with E-state index in [2.05, 4.69) is 19.2 Å². The molecule has 0 bridgehead atoms. The number of nitrogens with zero attached hydrogens (tertiary/aromatic N) is 1. The van der Waals surface area contributed by atoms with Gasteiger partial charge in [-0.15, -0.1) is 0 Å². The third kappa shape index (κ3) is 5.96. The molecule has 3 unspecified atom stereocenters. The SMILES string of the molecule is CC1CC(C)CC(NCC2COCCN2C(=O)OC(C)(C)C)C1. The fraction of sp³-hybridized carbons (Fsp3) is 0.944. The third-order valence-corrected chi connectivity index (χ3v) is 4.68. The van der Waals surface area contributed by atoms with E-state index in [1.807, 2.05) is 25.7 Å². The van der Waals surface area contributed by atoms with Gasteiger partial charge in [-0.25, -0.2) is 4.79 Å². The average molecular weight is 326 g/mol. The van der Waals surface area contributed by atoms with Crippen LogP contribution in [0.4, 0.5) is 4.79 Å². The lowest BCUT2D eigenvalue weighted by Gasteiger charge is -2.38. The maximum atomic E-state index is 12.4. The van der Waals surface area contributed by atoms with E-state index < -0.39 is 5.60 Å². The predicted octanol–water partition coefficient (Wildman–Crippen LogP) is 3.04. The second-order valence-corrected chi connectivity index (χ2v) is 8.43. The number of rotatable bonds is 3. The van der Waals surface area contributed by atoms with Gasteiger partial charge in [0.25, 0.3) is 0 Å². The summed E-state index contributed by atoms with van der Waals surface area (Å²) in [5.41, 5.74) is -0.457. The molecule has 0 aromatic heterocycles. The number of ether oxygens (including phenoxy) is 2. The zero-order valence-electron chi connectivity index (χ0n) is 15.4. The molecular weight excluding hydrogens is 292 g/mol. The van der Waals surface area contributed by atoms with Crippen molar-refractivity contribution in [1.29, 1.82) is 0 Å². The molecule has 1 saturated heterocycles. The van der Waals surface area contributed by atoms with E-state index in [0.717, 1.165) is 18.4 Å². The number of carbonyl (C=O) groups excluding carboxylic acids is 1. The summed E-state index contributed by atoms with van der Waals surface area (Å²) in [5, 5.41) is 3.67. The van der Waals surface area contributed by atoms with Gasteiger partial charge in [-0.3, -0.25) is 4.90 Å². The average Bonchev–Trinajstić information content (AvgIpc) is 2.42. The van der Waals surface area contributed by atoms with Crippen molar-refractivity contribution in [2.45, 2.75) is 71.6 Å². The molecule has 23 heavy (non-hydrogen) atoms. The fourth-order valence-corrected chi connectivity index (χ4v) is 3.80. The molecule has 5 heteroatoms. The number of carbonyl (C=O) groups is 1. The van der Waals surface area contributed by atoms with Gasteiger partial charge in [0.2, 0.25) is 0 Å². The zero-order chi connectivity index (χ0) is 17.0. The van der Waals surface area contributed by atoms with E-state index in [0.29, 0.717) is 25.8 Å². The van der Waals surface area contributed by atoms with Gasteiger partial charge < -0.3 is 14.8 Å². The summed E-state index contributed by atoms with van der Waals surface area (Å²) in [6, 6.07) is 0.613. The first kappa shape index (κ1) is 18.5. The highest BCUT2D eigenvalue weighted by atomic mass is 16.6. The van der Waals surface area contributed by atoms with Crippen LogP contribution in [-0.4, -0.2) is 55.0 Å². The lowest BCUT2D eigenvalue weighted by Crippen LogP contribution is -2.55. The molecular formula is C18H34N2O3. The smallest absolute Gasteiger partial charge is 0.410 e. The second-order valence-electron chi connectivity index (χ2n) is 8.43. The fourth-order valence-electron chi connectivity index (χ4n) is 3.80. The molecule has 1 aliphatic heterocycles. The van der Waals surface area contributed by atoms with E-state index >= 15 is 0 Å². The van der Waals surface area contributed by atoms with Crippen LogP contribution in [0.5, 0.6) is 0 Å². The highest BCUT2D eigenvalue weighted by Crippen LogP contribution is 2.28. The molecule has 0 spiro atoms. The van der Waals surface area contributed by atoms with Crippen LogP contribution in [0.1, 0.15) is 53.9 Å². The van der Waals surface area contributed by atoms with Gasteiger partial charge in [0.15, 0.2) is 0 Å². The Kier molecular flexibility index (Phi) is 6.32. The molecule has 134 valence electrons. The minimum Gasteiger partial charge on any atom is -0.444 e. The van der Waals surface area contributed by atoms with Crippen LogP contribution < -0.4 is 5.32 Å². The zero-order valence-corrected chi connectivity index (χ0v) is 15.4. The minimum absolute atomic E-state index is 0.0612. The summed E-state index contributed by atoms with van der Waals surface area (Å²) < 4.78 is 11.1. The van der Waals surface area contributed by atoms with Crippen LogP contribution in [0.15, 0.2) is 0 Å². The standard InChI is InChI=1S/C18H34N2O3/c1-13-8-14(2)10-15(9-13)19-11-16-12-22-7-6-20(16)17(21)23-18(3,4)5/h13-16,19H,6-12H2,1-5H3. The Morgan fingerprint density at radius 3 is 2.48 bits per heavy atom. The van der Waals surface area contributed by atoms with Crippen LogP contribution in [0.25, 0.3) is 0 Å². The Hall–Kier alpha value is -0.810. The number of amides is 1. The van der Waals surface area contributed by atoms with Crippen molar-refractivity contribution in [3.8, 4) is 0 Å². The number of nitrogens with one attached hydrogen (secondary N) is 1. The molecule has 2 fully saturated rings. The molecule has 1 N–H and O–H groups in total. The monoisotopic (exact) mass is 326 g/mol. The lowest BCUT2D eigenvalue weighted by atomic mass is 9.80. The van der Waals surface area contributed by atoms with Crippen LogP contribution in [0.2, 0.25) is 0 Å². The Bertz CT molecular complexity index is 384. The summed E-state index contributed by atoms with van der Waals surface area (Å²) in [6.45, 7) is 13.0. The first-order valence-electron chi connectivity index (χ1n) is 9.05. The molecule has 2 aliphatic rings. The van der Waals surface area contributed by atoms with E-state index in [4.69, 9.17) is 9.47 Å². The van der Waals surface area contributed by atoms with Gasteiger partial charge in [0.05, 0.1) is 19.3 Å². The molecule has 1 amide bonds. The summed E-state index contributed by atoms with van der Waals surface area (Å²) >= 11 is 0. The van der Waals surface area contributed by atoms with Gasteiger partial charge >= 0.3 is 6.09 Å². The van der Waals surface area contributed by atoms with Crippen LogP contribution >= 0.6 is 0 Å². The predicted molar refractivity (Wildman–Crippen MR) is 91.5 cm³/mol. The topological polar surface area (TPSA) is 50.8 Å². The van der Waals surface area contributed by atoms with Crippen molar-refractivity contribution in [2.24, 2.45) is 11.8 Å². The first-order valence-corrected chi connectivity index (χ1v) is 9.05. The van der Waals surface area contributed by atoms with Crippen molar-refractivity contribution in [3.63, 3.8) is 0 Å². The van der Waals surface area contributed by atoms with Crippen LogP contribution in [-0.2, 0) is 9.47 Å². The van der Waals surface area contributed by atoms with E-state index in [-0.39, 0.29) is 12.1 Å². The number of morpholine rings is 1. The summed E-state index contributed by atoms with van der Waals surface area (Å²) in [4.78, 5) is 14.2. The molecule has 5 nitrogen and oxygen atoms in total. The number of hydrogen-bond acceptors (Lipinski definition) is 4. The summed E-state index contributed by atoms with van der Waals surface area (Å²) in [7, 11) is 0. The molecule has 1 heterocycles. The van der Waals surface area contributed by atoms with E-state index in [1.54, 1.807) is 0 Å². The van der Waals surface area contributed by atoms with Crippen LogP contribution in [0, 0.1) is 11.8 Å².